The Bertz CT molecular complexity index is 629. The van der Waals surface area contributed by atoms with E-state index in [-0.39, 0.29) is 6.04 Å². The topological polar surface area (TPSA) is 35.8 Å². The highest BCUT2D eigenvalue weighted by atomic mass is 79.9. The summed E-state index contributed by atoms with van der Waals surface area (Å²) < 4.78 is 1.04. The van der Waals surface area contributed by atoms with Crippen LogP contribution in [0.15, 0.2) is 46.9 Å². The average molecular weight is 315 g/mol. The van der Waals surface area contributed by atoms with E-state index in [4.69, 9.17) is 5.26 Å². The predicted octanol–water partition coefficient (Wildman–Crippen LogP) is 4.80. The number of halogens is 1. The van der Waals surface area contributed by atoms with Gasteiger partial charge in [-0.05, 0) is 65.2 Å². The molecule has 0 fully saturated rings. The molecule has 0 aliphatic carbocycles. The van der Waals surface area contributed by atoms with Gasteiger partial charge in [0.1, 0.15) is 0 Å². The molecule has 0 aliphatic heterocycles. The number of aryl methyl sites for hydroxylation is 1. The van der Waals surface area contributed by atoms with Crippen LogP contribution in [0.25, 0.3) is 0 Å². The van der Waals surface area contributed by atoms with Gasteiger partial charge in [0.05, 0.1) is 11.6 Å². The predicted molar refractivity (Wildman–Crippen MR) is 82.1 cm³/mol. The van der Waals surface area contributed by atoms with Crippen LogP contribution in [0.3, 0.4) is 0 Å². The van der Waals surface area contributed by atoms with Crippen LogP contribution in [0.5, 0.6) is 0 Å². The molecule has 0 saturated carbocycles. The fourth-order valence-electron chi connectivity index (χ4n) is 1.94. The van der Waals surface area contributed by atoms with Crippen molar-refractivity contribution < 1.29 is 0 Å². The van der Waals surface area contributed by atoms with Crippen molar-refractivity contribution in [1.29, 1.82) is 5.26 Å². The van der Waals surface area contributed by atoms with E-state index in [2.05, 4.69) is 53.3 Å². The summed E-state index contributed by atoms with van der Waals surface area (Å²) in [5.74, 6) is 0. The Kier molecular flexibility index (Phi) is 4.24. The van der Waals surface area contributed by atoms with E-state index in [0.717, 1.165) is 15.7 Å². The normalized spacial score (nSPS) is 11.7. The molecule has 0 aromatic heterocycles. The van der Waals surface area contributed by atoms with Crippen LogP contribution in [0.4, 0.5) is 5.69 Å². The first-order valence-electron chi connectivity index (χ1n) is 6.13. The van der Waals surface area contributed by atoms with Gasteiger partial charge in [-0.2, -0.15) is 5.26 Å². The molecule has 19 heavy (non-hydrogen) atoms. The molecule has 0 saturated heterocycles. The number of nitriles is 1. The van der Waals surface area contributed by atoms with E-state index >= 15 is 0 Å². The van der Waals surface area contributed by atoms with Gasteiger partial charge in [-0.25, -0.2) is 0 Å². The van der Waals surface area contributed by atoms with Crippen molar-refractivity contribution in [1.82, 2.24) is 0 Å². The first-order chi connectivity index (χ1) is 9.10. The summed E-state index contributed by atoms with van der Waals surface area (Å²) in [6.07, 6.45) is 0. The van der Waals surface area contributed by atoms with Gasteiger partial charge in [-0.3, -0.25) is 0 Å². The second-order valence-corrected chi connectivity index (χ2v) is 5.44. The maximum Gasteiger partial charge on any atom is 0.0991 e. The Balaban J connectivity index is 2.23. The van der Waals surface area contributed by atoms with Crippen molar-refractivity contribution in [2.45, 2.75) is 19.9 Å². The van der Waals surface area contributed by atoms with Crippen LogP contribution in [0.1, 0.15) is 29.7 Å². The molecule has 0 spiro atoms. The van der Waals surface area contributed by atoms with E-state index in [1.165, 1.54) is 5.56 Å². The van der Waals surface area contributed by atoms with Gasteiger partial charge >= 0.3 is 0 Å². The summed E-state index contributed by atoms with van der Waals surface area (Å²) in [6.45, 7) is 4.16. The average Bonchev–Trinajstić information content (AvgIpc) is 2.43. The minimum absolute atomic E-state index is 0.145. The fourth-order valence-corrected chi connectivity index (χ4v) is 2.30. The molecule has 3 heteroatoms. The first-order valence-corrected chi connectivity index (χ1v) is 6.92. The summed E-state index contributed by atoms with van der Waals surface area (Å²) in [4.78, 5) is 0. The Hall–Kier alpha value is -1.79. The molecule has 1 atom stereocenters. The van der Waals surface area contributed by atoms with Crippen molar-refractivity contribution in [3.05, 3.63) is 63.6 Å². The number of benzene rings is 2. The van der Waals surface area contributed by atoms with Crippen molar-refractivity contribution >= 4 is 21.6 Å². The van der Waals surface area contributed by atoms with Crippen LogP contribution in [0, 0.1) is 18.3 Å². The largest absolute Gasteiger partial charge is 0.378 e. The van der Waals surface area contributed by atoms with Crippen LogP contribution in [-0.2, 0) is 0 Å². The van der Waals surface area contributed by atoms with E-state index in [0.29, 0.717) is 5.56 Å². The van der Waals surface area contributed by atoms with Gasteiger partial charge in [-0.1, -0.05) is 18.2 Å². The van der Waals surface area contributed by atoms with Gasteiger partial charge in [0, 0.05) is 16.2 Å². The quantitative estimate of drug-likeness (QED) is 0.883. The Morgan fingerprint density at radius 2 is 2.00 bits per heavy atom. The van der Waals surface area contributed by atoms with E-state index in [9.17, 15) is 0 Å². The van der Waals surface area contributed by atoms with Crippen LogP contribution in [0.2, 0.25) is 0 Å². The summed E-state index contributed by atoms with van der Waals surface area (Å²) >= 11 is 3.54. The SMILES string of the molecule is Cc1ccc(Br)c(NC(C)c2cccc(C#N)c2)c1. The van der Waals surface area contributed by atoms with E-state index < -0.39 is 0 Å². The zero-order valence-corrected chi connectivity index (χ0v) is 12.5. The Morgan fingerprint density at radius 3 is 2.74 bits per heavy atom. The summed E-state index contributed by atoms with van der Waals surface area (Å²) in [5.41, 5.74) is 4.07. The molecule has 1 unspecified atom stereocenters. The molecular formula is C16H15BrN2. The van der Waals surface area contributed by atoms with Gasteiger partial charge in [0.25, 0.3) is 0 Å². The number of hydrogen-bond acceptors (Lipinski definition) is 2. The van der Waals surface area contributed by atoms with E-state index in [1.807, 2.05) is 30.3 Å². The lowest BCUT2D eigenvalue weighted by atomic mass is 10.1. The molecule has 2 nitrogen and oxygen atoms in total. The number of nitrogens with one attached hydrogen (secondary N) is 1. The lowest BCUT2D eigenvalue weighted by Gasteiger charge is -2.17. The summed E-state index contributed by atoms with van der Waals surface area (Å²) in [7, 11) is 0. The smallest absolute Gasteiger partial charge is 0.0991 e. The lowest BCUT2D eigenvalue weighted by Crippen LogP contribution is -2.07. The molecule has 0 aliphatic rings. The third-order valence-corrected chi connectivity index (χ3v) is 3.70. The number of nitrogens with zero attached hydrogens (tertiary/aromatic N) is 1. The molecule has 1 N–H and O–H groups in total. The van der Waals surface area contributed by atoms with Gasteiger partial charge in [0.15, 0.2) is 0 Å². The highest BCUT2D eigenvalue weighted by Gasteiger charge is 2.08. The zero-order valence-electron chi connectivity index (χ0n) is 10.9. The van der Waals surface area contributed by atoms with Crippen LogP contribution in [-0.4, -0.2) is 0 Å². The monoisotopic (exact) mass is 314 g/mol. The van der Waals surface area contributed by atoms with Crippen molar-refractivity contribution in [2.75, 3.05) is 5.32 Å². The van der Waals surface area contributed by atoms with Gasteiger partial charge < -0.3 is 5.32 Å². The van der Waals surface area contributed by atoms with Crippen molar-refractivity contribution in [3.63, 3.8) is 0 Å². The molecule has 0 bridgehead atoms. The second kappa shape index (κ2) is 5.90. The summed E-state index contributed by atoms with van der Waals surface area (Å²) in [5, 5.41) is 12.4. The van der Waals surface area contributed by atoms with Crippen LogP contribution >= 0.6 is 15.9 Å². The summed E-state index contributed by atoms with van der Waals surface area (Å²) in [6, 6.07) is 16.2. The maximum atomic E-state index is 8.94. The lowest BCUT2D eigenvalue weighted by molar-refractivity contribution is 0.882. The number of rotatable bonds is 3. The molecule has 2 aromatic rings. The molecule has 0 heterocycles. The van der Waals surface area contributed by atoms with Crippen molar-refractivity contribution in [2.24, 2.45) is 0 Å². The third-order valence-electron chi connectivity index (χ3n) is 3.01. The molecule has 0 amide bonds. The van der Waals surface area contributed by atoms with Crippen LogP contribution < -0.4 is 5.32 Å². The zero-order chi connectivity index (χ0) is 13.8. The number of anilines is 1. The highest BCUT2D eigenvalue weighted by Crippen LogP contribution is 2.27. The Labute approximate surface area is 122 Å². The molecule has 96 valence electrons. The fraction of sp³-hybridized carbons (Fsp3) is 0.188. The first kappa shape index (κ1) is 13.6. The highest BCUT2D eigenvalue weighted by molar-refractivity contribution is 9.10. The molecule has 0 radical (unpaired) electrons. The Morgan fingerprint density at radius 1 is 1.21 bits per heavy atom. The third kappa shape index (κ3) is 3.36. The molecule has 2 aromatic carbocycles. The van der Waals surface area contributed by atoms with Gasteiger partial charge in [-0.15, -0.1) is 0 Å². The number of hydrogen-bond donors (Lipinski definition) is 1. The van der Waals surface area contributed by atoms with E-state index in [1.54, 1.807) is 0 Å². The van der Waals surface area contributed by atoms with Gasteiger partial charge in [0.2, 0.25) is 0 Å². The molecule has 2 rings (SSSR count). The minimum atomic E-state index is 0.145. The maximum absolute atomic E-state index is 8.94. The standard InChI is InChI=1S/C16H15BrN2/c1-11-6-7-15(17)16(8-11)19-12(2)14-5-3-4-13(9-14)10-18/h3-9,12,19H,1-2H3. The van der Waals surface area contributed by atoms with Crippen molar-refractivity contribution in [3.8, 4) is 6.07 Å². The second-order valence-electron chi connectivity index (χ2n) is 4.59. The molecular weight excluding hydrogens is 300 g/mol. The minimum Gasteiger partial charge on any atom is -0.378 e.